The highest BCUT2D eigenvalue weighted by Crippen LogP contribution is 2.59. The summed E-state index contributed by atoms with van der Waals surface area (Å²) < 4.78 is 10.3. The average Bonchev–Trinajstić information content (AvgIpc) is 1.59. The Bertz CT molecular complexity index is 6920. The van der Waals surface area contributed by atoms with Crippen LogP contribution in [0.15, 0.2) is 303 Å². The SMILES string of the molecule is CC(C)(C)c1cccc(-c2cc(C(C)(C)C)c3sc4ccccc4c3c2N2c3cc(-n4c5ccccc5c5cc(-c6ccccc6)ccc54)ccc3B3c4ccc(-n5c6ccccc6c6cc(-c7ccccc7)ccc65)cc4N(c4c(-c5cccc(C(C)(C)C)c5)cc(C(C)(C)C)c5sc6ccccc6c45)c4cc(C(C)(C)C)cc2c43)c1. The third-order valence-electron chi connectivity index (χ3n) is 25.4. The minimum Gasteiger partial charge on any atom is -0.310 e. The third-order valence-corrected chi connectivity index (χ3v) is 27.8. The number of aromatic nitrogens is 2. The Balaban J connectivity index is 0.953. The van der Waals surface area contributed by atoms with Crippen LogP contribution in [0.3, 0.4) is 0 Å². The van der Waals surface area contributed by atoms with Crippen LogP contribution in [0.1, 0.15) is 132 Å². The third kappa shape index (κ3) is 11.6. The summed E-state index contributed by atoms with van der Waals surface area (Å²) in [6.07, 6.45) is 0. The number of anilines is 6. The number of thiophene rings is 2. The molecule has 0 N–H and O–H groups in total. The molecule has 117 heavy (non-hydrogen) atoms. The molecule has 0 radical (unpaired) electrons. The van der Waals surface area contributed by atoms with Gasteiger partial charge in [-0.3, -0.25) is 0 Å². The van der Waals surface area contributed by atoms with Gasteiger partial charge in [-0.25, -0.2) is 0 Å². The van der Waals surface area contributed by atoms with Crippen LogP contribution < -0.4 is 26.2 Å². The lowest BCUT2D eigenvalue weighted by Crippen LogP contribution is -2.61. The van der Waals surface area contributed by atoms with Gasteiger partial charge < -0.3 is 18.9 Å². The summed E-state index contributed by atoms with van der Waals surface area (Å²) in [5.74, 6) is 0. The van der Waals surface area contributed by atoms with Crippen molar-refractivity contribution in [3.63, 3.8) is 0 Å². The molecular weight excluding hydrogens is 1450 g/mol. The second-order valence-corrected chi connectivity index (χ2v) is 40.2. The standard InChI is InChI=1S/C110H95BN4S2/c1-106(2,3)72-38-30-36-70(56-72)81-64-85(109(10,11)12)104-99(79-42-24-28-46-97(79)116-104)102(81)114-93-62-75(112-89-44-26-22-40-77(89)83-58-68(48-54-91(83)112)66-32-18-16-19-33-66)50-52-87(93)111-88-53-51-76(113-90-45-27-23-41-78(90)84-59-69(49-55-92(84)113)67-34-20-17-21-35-67)63-94(88)115(96-61-74(108(7,8)9)60-95(114)101(96)111)103-82(71-37-31-39-73(57-71)107(4,5)6)65-86(110(13,14)15)105-100(103)80-43-25-29-47-98(80)117-105/h16-65H,1-15H3. The number of fused-ring (bicyclic) bond motifs is 16. The van der Waals surface area contributed by atoms with E-state index in [1.54, 1.807) is 0 Å². The topological polar surface area (TPSA) is 16.3 Å². The molecule has 15 aromatic carbocycles. The lowest BCUT2D eigenvalue weighted by Gasteiger charge is -2.46. The van der Waals surface area contributed by atoms with Crippen molar-refractivity contribution in [1.82, 2.24) is 9.13 Å². The maximum atomic E-state index is 2.82. The van der Waals surface area contributed by atoms with Gasteiger partial charge in [0.25, 0.3) is 6.71 Å². The van der Waals surface area contributed by atoms with Crippen molar-refractivity contribution < 1.29 is 0 Å². The first-order valence-corrected chi connectivity index (χ1v) is 43.3. The van der Waals surface area contributed by atoms with Crippen LogP contribution in [-0.4, -0.2) is 15.8 Å². The molecule has 21 rings (SSSR count). The number of benzene rings is 15. The minimum absolute atomic E-state index is 0.131. The molecule has 6 heterocycles. The van der Waals surface area contributed by atoms with E-state index in [0.29, 0.717) is 0 Å². The molecule has 0 saturated carbocycles. The molecule has 0 saturated heterocycles. The number of para-hydroxylation sites is 2. The van der Waals surface area contributed by atoms with Crippen molar-refractivity contribution in [3.05, 3.63) is 331 Å². The molecular formula is C110H95BN4S2. The largest absolute Gasteiger partial charge is 0.310 e. The van der Waals surface area contributed by atoms with Gasteiger partial charge in [0.1, 0.15) is 0 Å². The monoisotopic (exact) mass is 1550 g/mol. The van der Waals surface area contributed by atoms with Gasteiger partial charge >= 0.3 is 0 Å². The number of rotatable bonds is 8. The van der Waals surface area contributed by atoms with E-state index in [1.807, 2.05) is 22.7 Å². The van der Waals surface area contributed by atoms with Crippen LogP contribution in [0, 0.1) is 0 Å². The Kier molecular flexibility index (Phi) is 16.3. The van der Waals surface area contributed by atoms with E-state index in [-0.39, 0.29) is 33.8 Å². The predicted molar refractivity (Wildman–Crippen MR) is 510 cm³/mol. The highest BCUT2D eigenvalue weighted by Gasteiger charge is 2.47. The van der Waals surface area contributed by atoms with Crippen LogP contribution in [0.5, 0.6) is 0 Å². The molecule has 0 atom stereocenters. The summed E-state index contributed by atoms with van der Waals surface area (Å²) in [5.41, 5.74) is 32.8. The maximum Gasteiger partial charge on any atom is 0.252 e. The van der Waals surface area contributed by atoms with Crippen molar-refractivity contribution >= 4 is 164 Å². The number of hydrogen-bond acceptors (Lipinski definition) is 4. The van der Waals surface area contributed by atoms with E-state index in [0.717, 1.165) is 33.8 Å². The zero-order valence-corrected chi connectivity index (χ0v) is 71.2. The zero-order valence-electron chi connectivity index (χ0n) is 69.6. The van der Waals surface area contributed by atoms with Gasteiger partial charge in [-0.2, -0.15) is 0 Å². The van der Waals surface area contributed by atoms with Gasteiger partial charge in [0, 0.05) is 107 Å². The molecule has 19 aromatic rings. The smallest absolute Gasteiger partial charge is 0.252 e. The van der Waals surface area contributed by atoms with Gasteiger partial charge in [0.15, 0.2) is 0 Å². The molecule has 4 nitrogen and oxygen atoms in total. The molecule has 2 aliphatic rings. The normalized spacial score (nSPS) is 13.4. The minimum atomic E-state index is -0.361. The number of nitrogens with zero attached hydrogens (tertiary/aromatic N) is 4. The van der Waals surface area contributed by atoms with Crippen LogP contribution in [-0.2, 0) is 27.1 Å². The van der Waals surface area contributed by atoms with Crippen molar-refractivity contribution in [2.24, 2.45) is 0 Å². The van der Waals surface area contributed by atoms with Crippen LogP contribution in [0.25, 0.3) is 140 Å². The van der Waals surface area contributed by atoms with Crippen molar-refractivity contribution in [2.75, 3.05) is 9.80 Å². The lowest BCUT2D eigenvalue weighted by molar-refractivity contribution is 0.590. The van der Waals surface area contributed by atoms with Crippen molar-refractivity contribution in [2.45, 2.75) is 131 Å². The fourth-order valence-electron chi connectivity index (χ4n) is 19.4. The Morgan fingerprint density at radius 1 is 0.256 bits per heavy atom. The molecule has 0 unspecified atom stereocenters. The molecule has 0 amide bonds. The quantitative estimate of drug-likeness (QED) is 0.141. The lowest BCUT2D eigenvalue weighted by atomic mass is 9.33. The van der Waals surface area contributed by atoms with Crippen LogP contribution >= 0.6 is 22.7 Å². The fourth-order valence-corrected chi connectivity index (χ4v) is 22.2. The first-order valence-electron chi connectivity index (χ1n) is 41.7. The van der Waals surface area contributed by atoms with Crippen molar-refractivity contribution in [3.8, 4) is 55.9 Å². The summed E-state index contributed by atoms with van der Waals surface area (Å²) in [4.78, 5) is 5.65. The van der Waals surface area contributed by atoms with E-state index in [2.05, 4.69) is 426 Å². The van der Waals surface area contributed by atoms with E-state index < -0.39 is 0 Å². The van der Waals surface area contributed by atoms with Crippen molar-refractivity contribution in [1.29, 1.82) is 0 Å². The molecule has 0 aliphatic carbocycles. The van der Waals surface area contributed by atoms with Gasteiger partial charge in [-0.15, -0.1) is 22.7 Å². The van der Waals surface area contributed by atoms with Gasteiger partial charge in [-0.1, -0.05) is 310 Å². The predicted octanol–water partition coefficient (Wildman–Crippen LogP) is 29.9. The zero-order chi connectivity index (χ0) is 80.3. The van der Waals surface area contributed by atoms with Gasteiger partial charge in [0.05, 0.1) is 33.4 Å². The molecule has 570 valence electrons. The van der Waals surface area contributed by atoms with E-state index in [9.17, 15) is 0 Å². The number of hydrogen-bond donors (Lipinski definition) is 0. The highest BCUT2D eigenvalue weighted by atomic mass is 32.1. The summed E-state index contributed by atoms with van der Waals surface area (Å²) in [5, 5.41) is 9.97. The molecule has 7 heteroatoms. The first kappa shape index (κ1) is 72.7. The molecule has 2 aliphatic heterocycles. The summed E-state index contributed by atoms with van der Waals surface area (Å²) in [6, 6.07) is 118. The molecule has 0 spiro atoms. The fraction of sp³-hybridized carbons (Fsp3) is 0.182. The van der Waals surface area contributed by atoms with Crippen LogP contribution in [0.2, 0.25) is 0 Å². The van der Waals surface area contributed by atoms with Gasteiger partial charge in [0.2, 0.25) is 0 Å². The van der Waals surface area contributed by atoms with Gasteiger partial charge in [-0.05, 0) is 202 Å². The summed E-state index contributed by atoms with van der Waals surface area (Å²) in [7, 11) is 0. The maximum absolute atomic E-state index is 2.82. The van der Waals surface area contributed by atoms with E-state index in [4.69, 9.17) is 0 Å². The highest BCUT2D eigenvalue weighted by molar-refractivity contribution is 7.26. The Morgan fingerprint density at radius 2 is 0.624 bits per heavy atom. The average molecular weight is 1550 g/mol. The van der Waals surface area contributed by atoms with E-state index >= 15 is 0 Å². The molecule has 0 bridgehead atoms. The molecule has 0 fully saturated rings. The second kappa shape index (κ2) is 26.3. The second-order valence-electron chi connectivity index (χ2n) is 38.1. The summed E-state index contributed by atoms with van der Waals surface area (Å²) in [6.45, 7) is 35.7. The Hall–Kier alpha value is -12.0. The Labute approximate surface area is 695 Å². The summed E-state index contributed by atoms with van der Waals surface area (Å²) >= 11 is 3.91. The van der Waals surface area contributed by atoms with Crippen LogP contribution in [0.4, 0.5) is 34.1 Å². The van der Waals surface area contributed by atoms with E-state index in [1.165, 1.54) is 184 Å². The first-order chi connectivity index (χ1) is 56.2. The Morgan fingerprint density at radius 3 is 1.03 bits per heavy atom. The molecule has 4 aromatic heterocycles.